The number of sulfonamides is 1. The number of hydrogen-bond acceptors (Lipinski definition) is 4. The summed E-state index contributed by atoms with van der Waals surface area (Å²) in [7, 11) is -3.58. The third-order valence-electron chi connectivity index (χ3n) is 6.15. The molecule has 0 saturated carbocycles. The molecule has 0 spiro atoms. The molecule has 0 bridgehead atoms. The summed E-state index contributed by atoms with van der Waals surface area (Å²) in [6.45, 7) is 8.82. The molecule has 4 rings (SSSR count). The number of aryl methyl sites for hydroxylation is 3. The maximum atomic E-state index is 13.3. The Labute approximate surface area is 189 Å². The van der Waals surface area contributed by atoms with E-state index >= 15 is 0 Å². The molecule has 0 N–H and O–H groups in total. The number of hydrogen-bond donors (Lipinski definition) is 0. The van der Waals surface area contributed by atoms with Gasteiger partial charge in [0.25, 0.3) is 5.91 Å². The highest BCUT2D eigenvalue weighted by molar-refractivity contribution is 7.89. The van der Waals surface area contributed by atoms with Crippen LogP contribution in [0.25, 0.3) is 5.69 Å². The fraction of sp³-hybridized carbons (Fsp3) is 0.333. The van der Waals surface area contributed by atoms with Crippen molar-refractivity contribution in [3.05, 3.63) is 76.6 Å². The summed E-state index contributed by atoms with van der Waals surface area (Å²) >= 11 is 0. The Morgan fingerprint density at radius 1 is 0.875 bits per heavy atom. The van der Waals surface area contributed by atoms with Gasteiger partial charge in [-0.15, -0.1) is 0 Å². The second kappa shape index (κ2) is 8.52. The molecular weight excluding hydrogens is 424 g/mol. The lowest BCUT2D eigenvalue weighted by Crippen LogP contribution is -2.50. The summed E-state index contributed by atoms with van der Waals surface area (Å²) in [6, 6.07) is 14.9. The van der Waals surface area contributed by atoms with Crippen molar-refractivity contribution in [1.29, 1.82) is 0 Å². The van der Waals surface area contributed by atoms with Crippen LogP contribution in [0.3, 0.4) is 0 Å². The van der Waals surface area contributed by atoms with Crippen molar-refractivity contribution in [2.75, 3.05) is 26.2 Å². The van der Waals surface area contributed by atoms with Gasteiger partial charge in [-0.25, -0.2) is 13.1 Å². The number of piperazine rings is 1. The van der Waals surface area contributed by atoms with Crippen molar-refractivity contribution in [2.24, 2.45) is 0 Å². The van der Waals surface area contributed by atoms with Crippen molar-refractivity contribution in [3.63, 3.8) is 0 Å². The van der Waals surface area contributed by atoms with Crippen LogP contribution in [0.2, 0.25) is 0 Å². The summed E-state index contributed by atoms with van der Waals surface area (Å²) in [5.41, 5.74) is 4.93. The Morgan fingerprint density at radius 3 is 2.16 bits per heavy atom. The summed E-state index contributed by atoms with van der Waals surface area (Å²) in [5, 5.41) is 4.57. The van der Waals surface area contributed by atoms with Crippen LogP contribution in [0.5, 0.6) is 0 Å². The van der Waals surface area contributed by atoms with Crippen LogP contribution in [0, 0.1) is 27.7 Å². The smallest absolute Gasteiger partial charge is 0.257 e. The van der Waals surface area contributed by atoms with Gasteiger partial charge in [-0.3, -0.25) is 4.79 Å². The first kappa shape index (κ1) is 22.2. The van der Waals surface area contributed by atoms with E-state index in [0.29, 0.717) is 29.2 Å². The van der Waals surface area contributed by atoms with Gasteiger partial charge in [-0.2, -0.15) is 9.40 Å². The minimum atomic E-state index is -3.58. The lowest BCUT2D eigenvalue weighted by Gasteiger charge is -2.34. The van der Waals surface area contributed by atoms with E-state index in [9.17, 15) is 13.2 Å². The Bertz CT molecular complexity index is 1260. The van der Waals surface area contributed by atoms with Gasteiger partial charge in [-0.05, 0) is 63.1 Å². The van der Waals surface area contributed by atoms with Gasteiger partial charge < -0.3 is 4.90 Å². The summed E-state index contributed by atoms with van der Waals surface area (Å²) < 4.78 is 29.4. The van der Waals surface area contributed by atoms with E-state index in [1.54, 1.807) is 21.7 Å². The topological polar surface area (TPSA) is 75.5 Å². The van der Waals surface area contributed by atoms with E-state index in [-0.39, 0.29) is 19.0 Å². The highest BCUT2D eigenvalue weighted by atomic mass is 32.2. The second-order valence-electron chi connectivity index (χ2n) is 8.24. The van der Waals surface area contributed by atoms with Crippen LogP contribution < -0.4 is 0 Å². The molecule has 8 heteroatoms. The lowest BCUT2D eigenvalue weighted by molar-refractivity contribution is 0.0696. The first-order valence-corrected chi connectivity index (χ1v) is 12.1. The molecule has 2 aromatic carbocycles. The molecule has 2 heterocycles. The fourth-order valence-electron chi connectivity index (χ4n) is 4.09. The fourth-order valence-corrected chi connectivity index (χ4v) is 5.59. The van der Waals surface area contributed by atoms with Crippen molar-refractivity contribution >= 4 is 15.9 Å². The van der Waals surface area contributed by atoms with Gasteiger partial charge in [0.1, 0.15) is 0 Å². The highest BCUT2D eigenvalue weighted by Crippen LogP contribution is 2.23. The Morgan fingerprint density at radius 2 is 1.53 bits per heavy atom. The number of amides is 1. The minimum absolute atomic E-state index is 0.106. The minimum Gasteiger partial charge on any atom is -0.336 e. The average molecular weight is 453 g/mol. The molecule has 0 aliphatic carbocycles. The van der Waals surface area contributed by atoms with Crippen LogP contribution >= 0.6 is 0 Å². The van der Waals surface area contributed by atoms with E-state index in [2.05, 4.69) is 5.10 Å². The molecule has 1 aromatic heterocycles. The number of aromatic nitrogens is 2. The summed E-state index contributed by atoms with van der Waals surface area (Å²) in [6.07, 6.45) is 0. The standard InChI is InChI=1S/C24H28N4O3S/c1-17-10-11-22(16-18(17)2)32(30,31)27-14-12-26(13-15-27)24(29)23-19(3)25-28(20(23)4)21-8-6-5-7-9-21/h5-11,16H,12-15H2,1-4H3. The lowest BCUT2D eigenvalue weighted by atomic mass is 10.1. The number of benzene rings is 2. The van der Waals surface area contributed by atoms with Crippen molar-refractivity contribution in [1.82, 2.24) is 19.0 Å². The molecule has 1 saturated heterocycles. The molecular formula is C24H28N4O3S. The predicted octanol–water partition coefficient (Wildman–Crippen LogP) is 3.25. The van der Waals surface area contributed by atoms with E-state index in [4.69, 9.17) is 0 Å². The monoisotopic (exact) mass is 452 g/mol. The van der Waals surface area contributed by atoms with Gasteiger partial charge in [-0.1, -0.05) is 24.3 Å². The van der Waals surface area contributed by atoms with E-state index in [1.165, 1.54) is 4.31 Å². The van der Waals surface area contributed by atoms with Crippen LogP contribution in [0.15, 0.2) is 53.4 Å². The zero-order valence-corrected chi connectivity index (χ0v) is 19.7. The largest absolute Gasteiger partial charge is 0.336 e. The third-order valence-corrected chi connectivity index (χ3v) is 8.04. The average Bonchev–Trinajstić information content (AvgIpc) is 3.09. The van der Waals surface area contributed by atoms with E-state index in [1.807, 2.05) is 64.1 Å². The zero-order chi connectivity index (χ0) is 23.0. The van der Waals surface area contributed by atoms with Crippen LogP contribution in [-0.2, 0) is 10.0 Å². The number of nitrogens with zero attached hydrogens (tertiary/aromatic N) is 4. The van der Waals surface area contributed by atoms with Gasteiger partial charge in [0.05, 0.1) is 27.5 Å². The SMILES string of the molecule is Cc1ccc(S(=O)(=O)N2CCN(C(=O)c3c(C)nn(-c4ccccc4)c3C)CC2)cc1C. The van der Waals surface area contributed by atoms with E-state index in [0.717, 1.165) is 22.5 Å². The third kappa shape index (κ3) is 3.96. The summed E-state index contributed by atoms with van der Waals surface area (Å²) in [5.74, 6) is -0.106. The normalized spacial score (nSPS) is 15.2. The Balaban J connectivity index is 1.51. The number of para-hydroxylation sites is 1. The molecule has 1 aliphatic heterocycles. The van der Waals surface area contributed by atoms with Crippen molar-refractivity contribution < 1.29 is 13.2 Å². The predicted molar refractivity (Wildman–Crippen MR) is 124 cm³/mol. The number of carbonyl (C=O) groups excluding carboxylic acids is 1. The van der Waals surface area contributed by atoms with Gasteiger partial charge >= 0.3 is 0 Å². The zero-order valence-electron chi connectivity index (χ0n) is 18.9. The molecule has 1 fully saturated rings. The molecule has 1 aliphatic rings. The summed E-state index contributed by atoms with van der Waals surface area (Å²) in [4.78, 5) is 15.3. The van der Waals surface area contributed by atoms with Crippen LogP contribution in [-0.4, -0.2) is 59.5 Å². The Hall–Kier alpha value is -2.97. The van der Waals surface area contributed by atoms with E-state index < -0.39 is 10.0 Å². The van der Waals surface area contributed by atoms with Crippen LogP contribution in [0.1, 0.15) is 32.9 Å². The molecule has 0 radical (unpaired) electrons. The van der Waals surface area contributed by atoms with Crippen LogP contribution in [0.4, 0.5) is 0 Å². The quantitative estimate of drug-likeness (QED) is 0.609. The Kier molecular flexibility index (Phi) is 5.92. The number of carbonyl (C=O) groups is 1. The first-order chi connectivity index (χ1) is 15.2. The number of rotatable bonds is 4. The highest BCUT2D eigenvalue weighted by Gasteiger charge is 2.32. The van der Waals surface area contributed by atoms with Crippen molar-refractivity contribution in [2.45, 2.75) is 32.6 Å². The molecule has 0 unspecified atom stereocenters. The first-order valence-electron chi connectivity index (χ1n) is 10.7. The molecule has 7 nitrogen and oxygen atoms in total. The molecule has 0 atom stereocenters. The maximum absolute atomic E-state index is 13.3. The molecule has 3 aromatic rings. The molecule has 1 amide bonds. The van der Waals surface area contributed by atoms with Gasteiger partial charge in [0.15, 0.2) is 0 Å². The van der Waals surface area contributed by atoms with Crippen molar-refractivity contribution in [3.8, 4) is 5.69 Å². The second-order valence-corrected chi connectivity index (χ2v) is 10.2. The molecule has 168 valence electrons. The van der Waals surface area contributed by atoms with Gasteiger partial charge in [0.2, 0.25) is 10.0 Å². The van der Waals surface area contributed by atoms with Gasteiger partial charge in [0, 0.05) is 26.2 Å². The maximum Gasteiger partial charge on any atom is 0.257 e. The molecule has 32 heavy (non-hydrogen) atoms.